The molecule has 1 heterocycles. The molecular formula is C6H7NO2. The average Bonchev–Trinajstić information content (AvgIpc) is 2.13. The van der Waals surface area contributed by atoms with Crippen LogP contribution in [0.25, 0.3) is 0 Å². The van der Waals surface area contributed by atoms with Crippen molar-refractivity contribution in [2.45, 2.75) is 0 Å². The van der Waals surface area contributed by atoms with E-state index in [1.165, 1.54) is 11.3 Å². The fourth-order valence-electron chi connectivity index (χ4n) is 0.513. The molecule has 0 saturated heterocycles. The molecule has 3 nitrogen and oxygen atoms in total. The van der Waals surface area contributed by atoms with Gasteiger partial charge in [-0.2, -0.15) is 5.06 Å². The first-order valence-electron chi connectivity index (χ1n) is 2.64. The third-order valence-electron chi connectivity index (χ3n) is 0.925. The highest BCUT2D eigenvalue weighted by Crippen LogP contribution is 1.93. The third kappa shape index (κ3) is 1.60. The van der Waals surface area contributed by atoms with Gasteiger partial charge in [0.2, 0.25) is 6.41 Å². The van der Waals surface area contributed by atoms with E-state index in [1.54, 1.807) is 6.08 Å². The zero-order valence-electron chi connectivity index (χ0n) is 4.86. The second-order valence-electron chi connectivity index (χ2n) is 1.57. The molecule has 0 saturated carbocycles. The zero-order chi connectivity index (χ0) is 6.53. The summed E-state index contributed by atoms with van der Waals surface area (Å²) in [6.45, 7) is 0.510. The molecule has 0 N–H and O–H groups in total. The fourth-order valence-corrected chi connectivity index (χ4v) is 0.513. The van der Waals surface area contributed by atoms with Crippen molar-refractivity contribution in [3.8, 4) is 0 Å². The van der Waals surface area contributed by atoms with Crippen molar-refractivity contribution in [3.63, 3.8) is 0 Å². The van der Waals surface area contributed by atoms with Crippen LogP contribution in [0.5, 0.6) is 0 Å². The Bertz CT molecular complexity index is 137. The van der Waals surface area contributed by atoms with Gasteiger partial charge in [-0.3, -0.25) is 4.79 Å². The molecule has 0 aromatic carbocycles. The van der Waals surface area contributed by atoms with Crippen molar-refractivity contribution < 1.29 is 9.63 Å². The van der Waals surface area contributed by atoms with Crippen LogP contribution in [0.1, 0.15) is 0 Å². The maximum atomic E-state index is 10.0. The van der Waals surface area contributed by atoms with Gasteiger partial charge in [-0.05, 0) is 6.08 Å². The topological polar surface area (TPSA) is 29.5 Å². The Hall–Kier alpha value is -1.25. The Balaban J connectivity index is 2.49. The first-order valence-corrected chi connectivity index (χ1v) is 2.64. The van der Waals surface area contributed by atoms with Gasteiger partial charge in [-0.15, -0.1) is 0 Å². The molecule has 9 heavy (non-hydrogen) atoms. The maximum Gasteiger partial charge on any atom is 0.242 e. The summed E-state index contributed by atoms with van der Waals surface area (Å²) in [5, 5.41) is 1.19. The second-order valence-corrected chi connectivity index (χ2v) is 1.57. The summed E-state index contributed by atoms with van der Waals surface area (Å²) in [5.74, 6) is 0. The van der Waals surface area contributed by atoms with Crippen LogP contribution in [0.4, 0.5) is 0 Å². The Morgan fingerprint density at radius 2 is 2.44 bits per heavy atom. The quantitative estimate of drug-likeness (QED) is 0.476. The highest BCUT2D eigenvalue weighted by atomic mass is 16.7. The molecule has 0 unspecified atom stereocenters. The Morgan fingerprint density at radius 1 is 1.56 bits per heavy atom. The van der Waals surface area contributed by atoms with Gasteiger partial charge in [0.15, 0.2) is 0 Å². The van der Waals surface area contributed by atoms with Crippen molar-refractivity contribution in [2.75, 3.05) is 6.54 Å². The van der Waals surface area contributed by atoms with Crippen LogP contribution in [-0.2, 0) is 9.63 Å². The van der Waals surface area contributed by atoms with Gasteiger partial charge >= 0.3 is 0 Å². The average molecular weight is 125 g/mol. The zero-order valence-corrected chi connectivity index (χ0v) is 4.86. The molecule has 1 amide bonds. The maximum absolute atomic E-state index is 10.0. The summed E-state index contributed by atoms with van der Waals surface area (Å²) in [4.78, 5) is 14.8. The van der Waals surface area contributed by atoms with E-state index in [1.807, 2.05) is 12.2 Å². The number of rotatable bonds is 1. The Labute approximate surface area is 53.2 Å². The predicted octanol–water partition coefficient (Wildman–Crippen LogP) is 0.460. The molecule has 0 aromatic rings. The van der Waals surface area contributed by atoms with E-state index >= 15 is 0 Å². The van der Waals surface area contributed by atoms with Gasteiger partial charge in [-0.1, -0.05) is 12.2 Å². The molecule has 0 spiro atoms. The highest BCUT2D eigenvalue weighted by Gasteiger charge is 1.96. The molecule has 48 valence electrons. The minimum Gasteiger partial charge on any atom is -0.385 e. The fraction of sp³-hybridized carbons (Fsp3) is 0.167. The second kappa shape index (κ2) is 2.91. The minimum absolute atomic E-state index is 0.510. The van der Waals surface area contributed by atoms with Crippen molar-refractivity contribution in [1.29, 1.82) is 0 Å². The van der Waals surface area contributed by atoms with Gasteiger partial charge in [-0.25, -0.2) is 0 Å². The number of nitrogens with zero attached hydrogens (tertiary/aromatic N) is 1. The number of hydrogen-bond acceptors (Lipinski definition) is 2. The minimum atomic E-state index is 0.510. The number of carbonyl (C=O) groups excluding carboxylic acids is 1. The SMILES string of the molecule is O=CN1CC=CC=CO1. The van der Waals surface area contributed by atoms with Crippen molar-refractivity contribution in [1.82, 2.24) is 5.06 Å². The molecule has 1 aliphatic heterocycles. The number of allylic oxidation sites excluding steroid dienone is 2. The molecule has 0 aliphatic carbocycles. The molecule has 0 aromatic heterocycles. The van der Waals surface area contributed by atoms with E-state index in [0.717, 1.165) is 0 Å². The van der Waals surface area contributed by atoms with Crippen molar-refractivity contribution in [2.24, 2.45) is 0 Å². The van der Waals surface area contributed by atoms with Crippen molar-refractivity contribution in [3.05, 3.63) is 24.5 Å². The lowest BCUT2D eigenvalue weighted by molar-refractivity contribution is -0.149. The Kier molecular flexibility index (Phi) is 1.90. The van der Waals surface area contributed by atoms with Crippen LogP contribution in [0.3, 0.4) is 0 Å². The summed E-state index contributed by atoms with van der Waals surface area (Å²) in [6, 6.07) is 0. The summed E-state index contributed by atoms with van der Waals surface area (Å²) in [6.07, 6.45) is 7.48. The number of amides is 1. The summed E-state index contributed by atoms with van der Waals surface area (Å²) in [5.41, 5.74) is 0. The van der Waals surface area contributed by atoms with Crippen LogP contribution < -0.4 is 0 Å². The molecule has 0 bridgehead atoms. The first-order chi connectivity index (χ1) is 4.43. The Morgan fingerprint density at radius 3 is 3.22 bits per heavy atom. The molecule has 0 fully saturated rings. The number of hydroxylamine groups is 2. The van der Waals surface area contributed by atoms with E-state index in [9.17, 15) is 4.79 Å². The van der Waals surface area contributed by atoms with Crippen molar-refractivity contribution >= 4 is 6.41 Å². The van der Waals surface area contributed by atoms with Crippen LogP contribution in [0.15, 0.2) is 24.5 Å². The summed E-state index contributed by atoms with van der Waals surface area (Å²) in [7, 11) is 0. The number of carbonyl (C=O) groups is 1. The third-order valence-corrected chi connectivity index (χ3v) is 0.925. The molecule has 1 aliphatic rings. The molecule has 1 rings (SSSR count). The van der Waals surface area contributed by atoms with E-state index < -0.39 is 0 Å². The van der Waals surface area contributed by atoms with Gasteiger partial charge in [0.25, 0.3) is 0 Å². The van der Waals surface area contributed by atoms with Gasteiger partial charge in [0, 0.05) is 0 Å². The van der Waals surface area contributed by atoms with Crippen LogP contribution in [0.2, 0.25) is 0 Å². The van der Waals surface area contributed by atoms with E-state index in [0.29, 0.717) is 13.0 Å². The molecule has 0 radical (unpaired) electrons. The normalized spacial score (nSPS) is 16.7. The highest BCUT2D eigenvalue weighted by molar-refractivity contribution is 5.45. The van der Waals surface area contributed by atoms with E-state index in [-0.39, 0.29) is 0 Å². The lowest BCUT2D eigenvalue weighted by atomic mass is 10.5. The molecule has 3 heteroatoms. The lowest BCUT2D eigenvalue weighted by Crippen LogP contribution is -2.18. The predicted molar refractivity (Wildman–Crippen MR) is 32.1 cm³/mol. The summed E-state index contributed by atoms with van der Waals surface area (Å²) >= 11 is 0. The van der Waals surface area contributed by atoms with Gasteiger partial charge in [0.05, 0.1) is 6.54 Å². The van der Waals surface area contributed by atoms with Crippen LogP contribution >= 0.6 is 0 Å². The smallest absolute Gasteiger partial charge is 0.242 e. The van der Waals surface area contributed by atoms with Crippen LogP contribution in [-0.4, -0.2) is 18.0 Å². The first kappa shape index (κ1) is 5.88. The van der Waals surface area contributed by atoms with E-state index in [4.69, 9.17) is 4.84 Å². The van der Waals surface area contributed by atoms with Crippen LogP contribution in [0, 0.1) is 0 Å². The largest absolute Gasteiger partial charge is 0.385 e. The monoisotopic (exact) mass is 125 g/mol. The molecule has 0 atom stereocenters. The number of hydrogen-bond donors (Lipinski definition) is 0. The summed E-state index contributed by atoms with van der Waals surface area (Å²) < 4.78 is 0. The lowest BCUT2D eigenvalue weighted by Gasteiger charge is -2.09. The van der Waals surface area contributed by atoms with E-state index in [2.05, 4.69) is 0 Å². The van der Waals surface area contributed by atoms with Gasteiger partial charge < -0.3 is 4.84 Å². The van der Waals surface area contributed by atoms with Gasteiger partial charge in [0.1, 0.15) is 6.26 Å². The standard InChI is InChI=1S/C6H7NO2/c8-6-7-4-2-1-3-5-9-7/h1-3,5-6H,4H2. The molecular weight excluding hydrogens is 118 g/mol.